The van der Waals surface area contributed by atoms with E-state index in [1.807, 2.05) is 0 Å². The van der Waals surface area contributed by atoms with E-state index >= 15 is 0 Å². The third kappa shape index (κ3) is 3.28. The van der Waals surface area contributed by atoms with Crippen LogP contribution < -0.4 is 5.32 Å². The summed E-state index contributed by atoms with van der Waals surface area (Å²) in [5.74, 6) is -0.199. The SMILES string of the molecule is Cc1ccc(C(=O)Nc2ccc(Br)c(Cl)c2)cc1O. The standard InChI is InChI=1S/C14H11BrClNO2/c1-8-2-3-9(6-13(8)18)14(19)17-10-4-5-11(15)12(16)7-10/h2-7,18H,1H3,(H,17,19). The van der Waals surface area contributed by atoms with Gasteiger partial charge in [0.15, 0.2) is 0 Å². The van der Waals surface area contributed by atoms with E-state index < -0.39 is 0 Å². The summed E-state index contributed by atoms with van der Waals surface area (Å²) in [4.78, 5) is 12.0. The molecule has 0 saturated heterocycles. The molecule has 0 aliphatic rings. The number of amides is 1. The molecular formula is C14H11BrClNO2. The third-order valence-corrected chi connectivity index (χ3v) is 3.88. The van der Waals surface area contributed by atoms with Crippen LogP contribution in [0.3, 0.4) is 0 Å². The first-order valence-electron chi connectivity index (χ1n) is 5.53. The van der Waals surface area contributed by atoms with Crippen LogP contribution in [0.1, 0.15) is 15.9 Å². The number of hydrogen-bond donors (Lipinski definition) is 2. The molecule has 2 rings (SSSR count). The van der Waals surface area contributed by atoms with Gasteiger partial charge in [0.1, 0.15) is 5.75 Å². The van der Waals surface area contributed by atoms with Crippen molar-refractivity contribution in [3.63, 3.8) is 0 Å². The second kappa shape index (κ2) is 5.63. The zero-order chi connectivity index (χ0) is 14.0. The van der Waals surface area contributed by atoms with Crippen LogP contribution in [-0.4, -0.2) is 11.0 Å². The molecule has 2 aromatic carbocycles. The second-order valence-electron chi connectivity index (χ2n) is 4.08. The van der Waals surface area contributed by atoms with Crippen molar-refractivity contribution in [2.24, 2.45) is 0 Å². The van der Waals surface area contributed by atoms with Gasteiger partial charge >= 0.3 is 0 Å². The number of anilines is 1. The Kier molecular flexibility index (Phi) is 4.12. The van der Waals surface area contributed by atoms with Gasteiger partial charge in [-0.1, -0.05) is 17.7 Å². The van der Waals surface area contributed by atoms with Crippen molar-refractivity contribution in [3.8, 4) is 5.75 Å². The van der Waals surface area contributed by atoms with E-state index in [4.69, 9.17) is 11.6 Å². The molecule has 3 nitrogen and oxygen atoms in total. The number of halogens is 2. The van der Waals surface area contributed by atoms with Gasteiger partial charge in [-0.25, -0.2) is 0 Å². The Morgan fingerprint density at radius 3 is 2.63 bits per heavy atom. The summed E-state index contributed by atoms with van der Waals surface area (Å²) in [6, 6.07) is 9.93. The topological polar surface area (TPSA) is 49.3 Å². The largest absolute Gasteiger partial charge is 0.508 e. The van der Waals surface area contributed by atoms with Gasteiger partial charge in [-0.3, -0.25) is 4.79 Å². The lowest BCUT2D eigenvalue weighted by Gasteiger charge is -2.07. The maximum absolute atomic E-state index is 12.0. The molecule has 0 fully saturated rings. The van der Waals surface area contributed by atoms with Gasteiger partial charge in [-0.2, -0.15) is 0 Å². The normalized spacial score (nSPS) is 10.3. The lowest BCUT2D eigenvalue weighted by atomic mass is 10.1. The molecule has 2 aromatic rings. The molecule has 0 unspecified atom stereocenters. The molecule has 0 spiro atoms. The number of carbonyl (C=O) groups excluding carboxylic acids is 1. The Morgan fingerprint density at radius 1 is 1.26 bits per heavy atom. The van der Waals surface area contributed by atoms with Crippen LogP contribution in [-0.2, 0) is 0 Å². The summed E-state index contributed by atoms with van der Waals surface area (Å²) >= 11 is 9.23. The van der Waals surface area contributed by atoms with Crippen LogP contribution in [0.15, 0.2) is 40.9 Å². The molecule has 1 amide bonds. The van der Waals surface area contributed by atoms with Gasteiger partial charge in [0.2, 0.25) is 0 Å². The first-order valence-corrected chi connectivity index (χ1v) is 6.70. The van der Waals surface area contributed by atoms with E-state index in [0.717, 1.165) is 10.0 Å². The minimum absolute atomic E-state index is 0.0986. The van der Waals surface area contributed by atoms with E-state index in [0.29, 0.717) is 16.3 Å². The number of aryl methyl sites for hydroxylation is 1. The number of aromatic hydroxyl groups is 1. The first-order chi connectivity index (χ1) is 8.97. The lowest BCUT2D eigenvalue weighted by Crippen LogP contribution is -2.11. The van der Waals surface area contributed by atoms with Crippen molar-refractivity contribution in [1.82, 2.24) is 0 Å². The number of phenols is 1. The summed E-state index contributed by atoms with van der Waals surface area (Å²) in [6.45, 7) is 1.77. The van der Waals surface area contributed by atoms with Crippen LogP contribution in [0.2, 0.25) is 5.02 Å². The lowest BCUT2D eigenvalue weighted by molar-refractivity contribution is 0.102. The minimum Gasteiger partial charge on any atom is -0.508 e. The van der Waals surface area contributed by atoms with Crippen molar-refractivity contribution >= 4 is 39.1 Å². The quantitative estimate of drug-likeness (QED) is 0.853. The average Bonchev–Trinajstić information content (AvgIpc) is 2.37. The minimum atomic E-state index is -0.298. The van der Waals surface area contributed by atoms with Crippen LogP contribution in [0, 0.1) is 6.92 Å². The van der Waals surface area contributed by atoms with Crippen molar-refractivity contribution < 1.29 is 9.90 Å². The second-order valence-corrected chi connectivity index (χ2v) is 5.35. The van der Waals surface area contributed by atoms with Crippen LogP contribution in [0.4, 0.5) is 5.69 Å². The van der Waals surface area contributed by atoms with Crippen molar-refractivity contribution in [1.29, 1.82) is 0 Å². The number of carbonyl (C=O) groups is 1. The number of benzene rings is 2. The molecule has 0 bridgehead atoms. The van der Waals surface area contributed by atoms with Crippen molar-refractivity contribution in [2.75, 3.05) is 5.32 Å². The summed E-state index contributed by atoms with van der Waals surface area (Å²) in [6.07, 6.45) is 0. The molecule has 0 saturated carbocycles. The van der Waals surface area contributed by atoms with E-state index in [1.165, 1.54) is 6.07 Å². The number of phenolic OH excluding ortho intramolecular Hbond substituents is 1. The number of rotatable bonds is 2. The predicted octanol–water partition coefficient (Wildman–Crippen LogP) is 4.37. The maximum atomic E-state index is 12.0. The predicted molar refractivity (Wildman–Crippen MR) is 79.9 cm³/mol. The van der Waals surface area contributed by atoms with Crippen LogP contribution >= 0.6 is 27.5 Å². The first kappa shape index (κ1) is 13.9. The molecule has 98 valence electrons. The van der Waals surface area contributed by atoms with E-state index in [2.05, 4.69) is 21.2 Å². The third-order valence-electron chi connectivity index (χ3n) is 2.65. The maximum Gasteiger partial charge on any atom is 0.255 e. The van der Waals surface area contributed by atoms with Crippen LogP contribution in [0.5, 0.6) is 5.75 Å². The smallest absolute Gasteiger partial charge is 0.255 e. The Balaban J connectivity index is 2.20. The van der Waals surface area contributed by atoms with Gasteiger partial charge in [0.25, 0.3) is 5.91 Å². The fourth-order valence-corrected chi connectivity index (χ4v) is 1.95. The summed E-state index contributed by atoms with van der Waals surface area (Å²) < 4.78 is 0.764. The zero-order valence-corrected chi connectivity index (χ0v) is 12.4. The molecule has 0 aromatic heterocycles. The zero-order valence-electron chi connectivity index (χ0n) is 10.1. The van der Waals surface area contributed by atoms with Gasteiger partial charge in [-0.15, -0.1) is 0 Å². The highest BCUT2D eigenvalue weighted by Gasteiger charge is 2.09. The molecule has 5 heteroatoms. The Bertz CT molecular complexity index is 643. The van der Waals surface area contributed by atoms with Crippen molar-refractivity contribution in [2.45, 2.75) is 6.92 Å². The molecular weight excluding hydrogens is 330 g/mol. The molecule has 0 radical (unpaired) electrons. The molecule has 2 N–H and O–H groups in total. The molecule has 19 heavy (non-hydrogen) atoms. The highest BCUT2D eigenvalue weighted by atomic mass is 79.9. The Morgan fingerprint density at radius 2 is 2.00 bits per heavy atom. The average molecular weight is 341 g/mol. The Hall–Kier alpha value is -1.52. The van der Waals surface area contributed by atoms with Gasteiger partial charge < -0.3 is 10.4 Å². The molecule has 0 atom stereocenters. The van der Waals surface area contributed by atoms with E-state index in [-0.39, 0.29) is 11.7 Å². The fourth-order valence-electron chi connectivity index (χ4n) is 1.53. The summed E-state index contributed by atoms with van der Waals surface area (Å²) in [7, 11) is 0. The van der Waals surface area contributed by atoms with Gasteiger partial charge in [0, 0.05) is 15.7 Å². The van der Waals surface area contributed by atoms with Gasteiger partial charge in [0.05, 0.1) is 5.02 Å². The Labute approximate surface area is 124 Å². The molecule has 0 aliphatic carbocycles. The summed E-state index contributed by atoms with van der Waals surface area (Å²) in [5.41, 5.74) is 1.71. The summed E-state index contributed by atoms with van der Waals surface area (Å²) in [5, 5.41) is 12.8. The highest BCUT2D eigenvalue weighted by Crippen LogP contribution is 2.26. The number of hydrogen-bond acceptors (Lipinski definition) is 2. The monoisotopic (exact) mass is 339 g/mol. The van der Waals surface area contributed by atoms with Crippen molar-refractivity contribution in [3.05, 3.63) is 57.0 Å². The fraction of sp³-hybridized carbons (Fsp3) is 0.0714. The van der Waals surface area contributed by atoms with Crippen LogP contribution in [0.25, 0.3) is 0 Å². The molecule has 0 heterocycles. The van der Waals surface area contributed by atoms with E-state index in [9.17, 15) is 9.90 Å². The van der Waals surface area contributed by atoms with E-state index in [1.54, 1.807) is 37.3 Å². The number of nitrogens with one attached hydrogen (secondary N) is 1. The highest BCUT2D eigenvalue weighted by molar-refractivity contribution is 9.10. The molecule has 0 aliphatic heterocycles. The van der Waals surface area contributed by atoms with Gasteiger partial charge in [-0.05, 0) is 58.7 Å².